The first kappa shape index (κ1) is 13.3. The molecule has 1 saturated carbocycles. The van der Waals surface area contributed by atoms with Gasteiger partial charge in [-0.2, -0.15) is 5.10 Å². The highest BCUT2D eigenvalue weighted by molar-refractivity contribution is 6.31. The molecule has 0 amide bonds. The lowest BCUT2D eigenvalue weighted by molar-refractivity contribution is 0.198. The summed E-state index contributed by atoms with van der Waals surface area (Å²) in [6.45, 7) is 2.19. The molecule has 2 heterocycles. The lowest BCUT2D eigenvalue weighted by Crippen LogP contribution is -2.34. The number of hydrogen-bond acceptors (Lipinski definition) is 3. The van der Waals surface area contributed by atoms with Crippen molar-refractivity contribution in [2.45, 2.75) is 50.7 Å². The lowest BCUT2D eigenvalue weighted by atomic mass is 10.1. The quantitative estimate of drug-likeness (QED) is 0.854. The third-order valence-corrected chi connectivity index (χ3v) is 4.60. The fourth-order valence-electron chi connectivity index (χ4n) is 3.19. The summed E-state index contributed by atoms with van der Waals surface area (Å²) < 4.78 is 7.92. The van der Waals surface area contributed by atoms with Crippen molar-refractivity contribution in [3.63, 3.8) is 0 Å². The first-order chi connectivity index (χ1) is 9.24. The largest absolute Gasteiger partial charge is 0.486 e. The maximum atomic E-state index is 6.44. The molecular formula is C14H22ClN3O. The molecule has 1 unspecified atom stereocenters. The summed E-state index contributed by atoms with van der Waals surface area (Å²) in [4.78, 5) is 2.34. The number of rotatable bonds is 3. The van der Waals surface area contributed by atoms with Crippen LogP contribution < -0.4 is 4.74 Å². The number of ether oxygens (including phenoxy) is 1. The van der Waals surface area contributed by atoms with E-state index in [1.54, 1.807) is 6.20 Å². The van der Waals surface area contributed by atoms with Crippen LogP contribution in [0.3, 0.4) is 0 Å². The summed E-state index contributed by atoms with van der Waals surface area (Å²) >= 11 is 6.44. The van der Waals surface area contributed by atoms with Gasteiger partial charge < -0.3 is 9.64 Å². The van der Waals surface area contributed by atoms with Crippen LogP contribution in [0.25, 0.3) is 0 Å². The smallest absolute Gasteiger partial charge is 0.176 e. The van der Waals surface area contributed by atoms with E-state index in [2.05, 4.69) is 17.0 Å². The van der Waals surface area contributed by atoms with Crippen molar-refractivity contribution in [3.8, 4) is 5.75 Å². The van der Waals surface area contributed by atoms with Crippen LogP contribution in [0.5, 0.6) is 5.75 Å². The number of piperidine rings is 1. The van der Waals surface area contributed by atoms with Crippen LogP contribution >= 0.6 is 11.6 Å². The van der Waals surface area contributed by atoms with E-state index < -0.39 is 0 Å². The van der Waals surface area contributed by atoms with E-state index in [-0.39, 0.29) is 0 Å². The minimum Gasteiger partial charge on any atom is -0.486 e. The number of halogens is 1. The summed E-state index contributed by atoms with van der Waals surface area (Å²) in [6, 6.07) is 0.382. The topological polar surface area (TPSA) is 30.3 Å². The molecule has 0 N–H and O–H groups in total. The van der Waals surface area contributed by atoms with Gasteiger partial charge in [-0.05, 0) is 52.1 Å². The molecule has 19 heavy (non-hydrogen) atoms. The Morgan fingerprint density at radius 1 is 1.26 bits per heavy atom. The Bertz CT molecular complexity index is 428. The van der Waals surface area contributed by atoms with Crippen LogP contribution in [0.2, 0.25) is 5.15 Å². The Kier molecular flexibility index (Phi) is 3.99. The van der Waals surface area contributed by atoms with Crippen LogP contribution in [0.1, 0.15) is 44.6 Å². The normalized spacial score (nSPS) is 25.9. The van der Waals surface area contributed by atoms with Gasteiger partial charge in [0.2, 0.25) is 0 Å². The lowest BCUT2D eigenvalue weighted by Gasteiger charge is -2.30. The molecule has 3 rings (SSSR count). The van der Waals surface area contributed by atoms with Gasteiger partial charge >= 0.3 is 0 Å². The SMILES string of the molecule is CN1CCCC(n2ncc(OC3CCCC3)c2Cl)C1. The predicted octanol–water partition coefficient (Wildman–Crippen LogP) is 3.12. The minimum atomic E-state index is 0.337. The molecular weight excluding hydrogens is 262 g/mol. The van der Waals surface area contributed by atoms with Gasteiger partial charge in [-0.3, -0.25) is 0 Å². The van der Waals surface area contributed by atoms with Crippen LogP contribution in [0, 0.1) is 0 Å². The van der Waals surface area contributed by atoms with Crippen LogP contribution in [0.15, 0.2) is 6.20 Å². The molecule has 1 aromatic heterocycles. The van der Waals surface area contributed by atoms with Crippen molar-refractivity contribution < 1.29 is 4.74 Å². The third-order valence-electron chi connectivity index (χ3n) is 4.25. The summed E-state index contributed by atoms with van der Waals surface area (Å²) in [5, 5.41) is 5.12. The van der Waals surface area contributed by atoms with Crippen molar-refractivity contribution in [2.75, 3.05) is 20.1 Å². The highest BCUT2D eigenvalue weighted by Crippen LogP contribution is 2.33. The van der Waals surface area contributed by atoms with Crippen LogP contribution in [0.4, 0.5) is 0 Å². The summed E-state index contributed by atoms with van der Waals surface area (Å²) in [7, 11) is 2.15. The van der Waals surface area contributed by atoms with Crippen molar-refractivity contribution in [1.82, 2.24) is 14.7 Å². The Morgan fingerprint density at radius 3 is 2.79 bits per heavy atom. The Hall–Kier alpha value is -0.740. The number of likely N-dealkylation sites (tertiary alicyclic amines) is 1. The van der Waals surface area contributed by atoms with Crippen LogP contribution in [-0.2, 0) is 0 Å². The zero-order valence-corrected chi connectivity index (χ0v) is 12.3. The van der Waals surface area contributed by atoms with E-state index in [9.17, 15) is 0 Å². The summed E-state index contributed by atoms with van der Waals surface area (Å²) in [6.07, 6.45) is 9.30. The zero-order chi connectivity index (χ0) is 13.2. The zero-order valence-electron chi connectivity index (χ0n) is 11.5. The van der Waals surface area contributed by atoms with Gasteiger partial charge in [0.1, 0.15) is 0 Å². The Labute approximate surface area is 119 Å². The molecule has 0 spiro atoms. The molecule has 4 nitrogen and oxygen atoms in total. The second-order valence-corrected chi connectivity index (χ2v) is 6.18. The first-order valence-electron chi connectivity index (χ1n) is 7.32. The van der Waals surface area contributed by atoms with E-state index in [1.165, 1.54) is 25.8 Å². The van der Waals surface area contributed by atoms with Gasteiger partial charge in [0, 0.05) is 6.54 Å². The molecule has 1 saturated heterocycles. The maximum Gasteiger partial charge on any atom is 0.176 e. The van der Waals surface area contributed by atoms with Crippen molar-refractivity contribution in [1.29, 1.82) is 0 Å². The van der Waals surface area contributed by atoms with Crippen LogP contribution in [-0.4, -0.2) is 40.9 Å². The van der Waals surface area contributed by atoms with Crippen molar-refractivity contribution in [2.24, 2.45) is 0 Å². The fraction of sp³-hybridized carbons (Fsp3) is 0.786. The fourth-order valence-corrected chi connectivity index (χ4v) is 3.46. The summed E-state index contributed by atoms with van der Waals surface area (Å²) in [5.41, 5.74) is 0. The number of likely N-dealkylation sites (N-methyl/N-ethyl adjacent to an activating group) is 1. The van der Waals surface area contributed by atoms with E-state index >= 15 is 0 Å². The highest BCUT2D eigenvalue weighted by atomic mass is 35.5. The van der Waals surface area contributed by atoms with E-state index in [0.717, 1.165) is 31.6 Å². The number of hydrogen-bond donors (Lipinski definition) is 0. The number of nitrogens with zero attached hydrogens (tertiary/aromatic N) is 3. The van der Waals surface area contributed by atoms with Gasteiger partial charge in [0.05, 0.1) is 18.3 Å². The van der Waals surface area contributed by atoms with E-state index in [0.29, 0.717) is 17.3 Å². The van der Waals surface area contributed by atoms with Crippen molar-refractivity contribution in [3.05, 3.63) is 11.3 Å². The third kappa shape index (κ3) is 2.90. The predicted molar refractivity (Wildman–Crippen MR) is 75.9 cm³/mol. The molecule has 0 aromatic carbocycles. The molecule has 1 atom stereocenters. The molecule has 5 heteroatoms. The second-order valence-electron chi connectivity index (χ2n) is 5.83. The molecule has 2 fully saturated rings. The molecule has 1 aromatic rings. The molecule has 106 valence electrons. The van der Waals surface area contributed by atoms with E-state index in [1.807, 2.05) is 4.68 Å². The number of aromatic nitrogens is 2. The molecule has 0 radical (unpaired) electrons. The highest BCUT2D eigenvalue weighted by Gasteiger charge is 2.25. The Morgan fingerprint density at radius 2 is 2.05 bits per heavy atom. The van der Waals surface area contributed by atoms with Gasteiger partial charge in [-0.25, -0.2) is 4.68 Å². The second kappa shape index (κ2) is 5.71. The molecule has 1 aliphatic carbocycles. The summed E-state index contributed by atoms with van der Waals surface area (Å²) in [5.74, 6) is 0.766. The van der Waals surface area contributed by atoms with Gasteiger partial charge in [0.15, 0.2) is 10.9 Å². The van der Waals surface area contributed by atoms with Gasteiger partial charge in [0.25, 0.3) is 0 Å². The molecule has 1 aliphatic heterocycles. The monoisotopic (exact) mass is 283 g/mol. The maximum absolute atomic E-state index is 6.44. The average Bonchev–Trinajstić information content (AvgIpc) is 3.01. The van der Waals surface area contributed by atoms with Gasteiger partial charge in [-0.15, -0.1) is 0 Å². The molecule has 2 aliphatic rings. The Balaban J connectivity index is 1.70. The van der Waals surface area contributed by atoms with Crippen molar-refractivity contribution >= 4 is 11.6 Å². The van der Waals surface area contributed by atoms with E-state index in [4.69, 9.17) is 16.3 Å². The standard InChI is InChI=1S/C14H22ClN3O/c1-17-8-4-5-11(10-17)18-14(15)13(9-16-18)19-12-6-2-3-7-12/h9,11-12H,2-8,10H2,1H3. The first-order valence-corrected chi connectivity index (χ1v) is 7.70. The molecule has 0 bridgehead atoms. The minimum absolute atomic E-state index is 0.337. The average molecular weight is 284 g/mol. The van der Waals surface area contributed by atoms with Gasteiger partial charge in [-0.1, -0.05) is 11.6 Å².